The number of hydrogen-bond acceptors (Lipinski definition) is 2. The van der Waals surface area contributed by atoms with E-state index < -0.39 is 0 Å². The molecule has 0 saturated carbocycles. The summed E-state index contributed by atoms with van der Waals surface area (Å²) in [5.41, 5.74) is 0.540. The number of rotatable bonds is 1. The van der Waals surface area contributed by atoms with Crippen molar-refractivity contribution in [3.8, 4) is 5.75 Å². The number of nitrogens with two attached hydrogens (primary N) is 1. The SMILES string of the molecule is [CH2-][NH2+]C(=O)c1ccc(O)cc1. The second-order valence-corrected chi connectivity index (χ2v) is 2.12. The Hall–Kier alpha value is -1.35. The van der Waals surface area contributed by atoms with E-state index in [9.17, 15) is 4.79 Å². The maximum atomic E-state index is 10.9. The van der Waals surface area contributed by atoms with Crippen LogP contribution in [0.15, 0.2) is 24.3 Å². The van der Waals surface area contributed by atoms with Gasteiger partial charge in [-0.05, 0) is 24.3 Å². The minimum Gasteiger partial charge on any atom is -0.508 e. The predicted octanol–water partition coefficient (Wildman–Crippen LogP) is -0.113. The molecule has 0 saturated heterocycles. The third-order valence-electron chi connectivity index (χ3n) is 1.34. The van der Waals surface area contributed by atoms with Gasteiger partial charge in [0.25, 0.3) is 0 Å². The van der Waals surface area contributed by atoms with Crippen LogP contribution in [0.25, 0.3) is 0 Å². The Morgan fingerprint density at radius 2 is 1.91 bits per heavy atom. The molecule has 1 aromatic rings. The van der Waals surface area contributed by atoms with Crippen molar-refractivity contribution in [2.24, 2.45) is 0 Å². The number of amides is 1. The average molecular weight is 151 g/mol. The van der Waals surface area contributed by atoms with Crippen LogP contribution in [0.1, 0.15) is 10.4 Å². The van der Waals surface area contributed by atoms with Crippen LogP contribution < -0.4 is 5.32 Å². The molecule has 3 N–H and O–H groups in total. The highest BCUT2D eigenvalue weighted by Gasteiger charge is 2.02. The van der Waals surface area contributed by atoms with Crippen LogP contribution in [0.3, 0.4) is 0 Å². The molecule has 0 fully saturated rings. The van der Waals surface area contributed by atoms with Crippen molar-refractivity contribution in [3.63, 3.8) is 0 Å². The zero-order valence-corrected chi connectivity index (χ0v) is 5.95. The molecule has 0 spiro atoms. The van der Waals surface area contributed by atoms with E-state index in [0.717, 1.165) is 0 Å². The zero-order chi connectivity index (χ0) is 8.27. The van der Waals surface area contributed by atoms with Gasteiger partial charge in [-0.25, -0.2) is 4.79 Å². The predicted molar refractivity (Wildman–Crippen MR) is 39.7 cm³/mol. The highest BCUT2D eigenvalue weighted by molar-refractivity contribution is 5.86. The largest absolute Gasteiger partial charge is 0.508 e. The third-order valence-corrected chi connectivity index (χ3v) is 1.34. The number of carbonyl (C=O) groups excluding carboxylic acids is 1. The van der Waals surface area contributed by atoms with E-state index in [2.05, 4.69) is 7.05 Å². The minimum atomic E-state index is -0.134. The van der Waals surface area contributed by atoms with E-state index in [1.165, 1.54) is 17.4 Å². The monoisotopic (exact) mass is 151 g/mol. The summed E-state index contributed by atoms with van der Waals surface area (Å²) in [5, 5.41) is 10.1. The molecule has 3 heteroatoms. The summed E-state index contributed by atoms with van der Waals surface area (Å²) < 4.78 is 0. The lowest BCUT2D eigenvalue weighted by Crippen LogP contribution is -2.81. The highest BCUT2D eigenvalue weighted by atomic mass is 16.3. The molecule has 0 aliphatic heterocycles. The van der Waals surface area contributed by atoms with Crippen LogP contribution in [0.2, 0.25) is 0 Å². The smallest absolute Gasteiger partial charge is 0.316 e. The number of hydrogen-bond donors (Lipinski definition) is 2. The molecule has 1 rings (SSSR count). The summed E-state index contributed by atoms with van der Waals surface area (Å²) in [4.78, 5) is 10.9. The van der Waals surface area contributed by atoms with Gasteiger partial charge >= 0.3 is 5.91 Å². The first-order chi connectivity index (χ1) is 5.24. The Balaban J connectivity index is 2.90. The molecular weight excluding hydrogens is 142 g/mol. The quantitative estimate of drug-likeness (QED) is 0.550. The average Bonchev–Trinajstić information content (AvgIpc) is 2.05. The lowest BCUT2D eigenvalue weighted by molar-refractivity contribution is -0.489. The molecule has 0 aliphatic carbocycles. The van der Waals surface area contributed by atoms with E-state index in [0.29, 0.717) is 5.56 Å². The van der Waals surface area contributed by atoms with Crippen molar-refractivity contribution >= 4 is 5.91 Å². The Morgan fingerprint density at radius 1 is 1.36 bits per heavy atom. The number of benzene rings is 1. The first kappa shape index (κ1) is 7.75. The standard InChI is InChI=1S/C8H9NO2/c1-9-8(11)6-2-4-7(10)5-3-6/h2-5,10H,1,9H2. The molecule has 0 aromatic heterocycles. The van der Waals surface area contributed by atoms with Crippen molar-refractivity contribution in [3.05, 3.63) is 36.9 Å². The first-order valence-corrected chi connectivity index (χ1v) is 3.20. The Morgan fingerprint density at radius 3 is 2.36 bits per heavy atom. The second kappa shape index (κ2) is 3.16. The summed E-state index contributed by atoms with van der Waals surface area (Å²) >= 11 is 0. The topological polar surface area (TPSA) is 53.9 Å². The lowest BCUT2D eigenvalue weighted by Gasteiger charge is -1.97. The Kier molecular flexibility index (Phi) is 2.23. The summed E-state index contributed by atoms with van der Waals surface area (Å²) in [6.07, 6.45) is 0. The number of quaternary nitrogens is 1. The summed E-state index contributed by atoms with van der Waals surface area (Å²) in [5.74, 6) is 0.0237. The summed E-state index contributed by atoms with van der Waals surface area (Å²) in [6.45, 7) is 0. The molecule has 0 heterocycles. The second-order valence-electron chi connectivity index (χ2n) is 2.12. The Bertz CT molecular complexity index is 253. The van der Waals surface area contributed by atoms with E-state index in [4.69, 9.17) is 5.11 Å². The number of phenolic OH excluding ortho intramolecular Hbond substituents is 1. The van der Waals surface area contributed by atoms with E-state index in [1.807, 2.05) is 0 Å². The van der Waals surface area contributed by atoms with Gasteiger partial charge in [0.1, 0.15) is 5.75 Å². The van der Waals surface area contributed by atoms with Crippen LogP contribution in [0.4, 0.5) is 0 Å². The van der Waals surface area contributed by atoms with E-state index in [1.54, 1.807) is 12.1 Å². The van der Waals surface area contributed by atoms with Gasteiger partial charge in [-0.15, -0.1) is 7.05 Å². The lowest BCUT2D eigenvalue weighted by atomic mass is 10.2. The maximum absolute atomic E-state index is 10.9. The fourth-order valence-electron chi connectivity index (χ4n) is 0.744. The first-order valence-electron chi connectivity index (χ1n) is 3.20. The molecule has 58 valence electrons. The number of primary amides is 1. The van der Waals surface area contributed by atoms with Crippen LogP contribution in [-0.2, 0) is 0 Å². The fourth-order valence-corrected chi connectivity index (χ4v) is 0.744. The number of carbonyl (C=O) groups is 1. The van der Waals surface area contributed by atoms with E-state index >= 15 is 0 Å². The van der Waals surface area contributed by atoms with Gasteiger partial charge in [0.15, 0.2) is 0 Å². The molecule has 11 heavy (non-hydrogen) atoms. The molecule has 3 nitrogen and oxygen atoms in total. The third kappa shape index (κ3) is 1.78. The van der Waals surface area contributed by atoms with Gasteiger partial charge in [0, 0.05) is 0 Å². The molecule has 0 bridgehead atoms. The van der Waals surface area contributed by atoms with Gasteiger partial charge in [0.05, 0.1) is 5.56 Å². The molecular formula is C8H9NO2. The highest BCUT2D eigenvalue weighted by Crippen LogP contribution is 2.08. The van der Waals surface area contributed by atoms with Crippen LogP contribution in [-0.4, -0.2) is 11.0 Å². The van der Waals surface area contributed by atoms with Gasteiger partial charge in [-0.1, -0.05) is 0 Å². The van der Waals surface area contributed by atoms with Crippen molar-refractivity contribution in [1.29, 1.82) is 0 Å². The van der Waals surface area contributed by atoms with Gasteiger partial charge in [-0.2, -0.15) is 0 Å². The van der Waals surface area contributed by atoms with Gasteiger partial charge in [0.2, 0.25) is 0 Å². The zero-order valence-electron chi connectivity index (χ0n) is 5.95. The van der Waals surface area contributed by atoms with Crippen molar-refractivity contribution in [2.45, 2.75) is 0 Å². The molecule has 0 atom stereocenters. The fraction of sp³-hybridized carbons (Fsp3) is 0. The van der Waals surface area contributed by atoms with Gasteiger partial charge < -0.3 is 10.4 Å². The Labute approximate surface area is 64.7 Å². The molecule has 0 unspecified atom stereocenters. The number of phenols is 1. The van der Waals surface area contributed by atoms with Crippen LogP contribution in [0.5, 0.6) is 5.75 Å². The van der Waals surface area contributed by atoms with Gasteiger partial charge in [-0.3, -0.25) is 0 Å². The van der Waals surface area contributed by atoms with Crippen LogP contribution in [0, 0.1) is 7.05 Å². The number of aromatic hydroxyl groups is 1. The summed E-state index contributed by atoms with van der Waals surface area (Å²) in [6, 6.07) is 6.05. The minimum absolute atomic E-state index is 0.134. The van der Waals surface area contributed by atoms with Crippen LogP contribution >= 0.6 is 0 Å². The van der Waals surface area contributed by atoms with Crippen molar-refractivity contribution in [2.75, 3.05) is 0 Å². The van der Waals surface area contributed by atoms with Crippen molar-refractivity contribution in [1.82, 2.24) is 0 Å². The molecule has 0 radical (unpaired) electrons. The molecule has 1 aromatic carbocycles. The van der Waals surface area contributed by atoms with E-state index in [-0.39, 0.29) is 11.7 Å². The molecule has 1 amide bonds. The normalized spacial score (nSPS) is 9.55. The van der Waals surface area contributed by atoms with Crippen molar-refractivity contribution < 1.29 is 15.2 Å². The molecule has 0 aliphatic rings. The maximum Gasteiger partial charge on any atom is 0.316 e. The summed E-state index contributed by atoms with van der Waals surface area (Å²) in [7, 11) is 3.35.